The maximum atomic E-state index is 14.8. The molecule has 4 N–H and O–H groups in total. The Morgan fingerprint density at radius 2 is 1.77 bits per heavy atom. The van der Waals surface area contributed by atoms with Gasteiger partial charge in [-0.3, -0.25) is 0 Å². The lowest BCUT2D eigenvalue weighted by Gasteiger charge is -2.40. The molecule has 0 radical (unpaired) electrons. The van der Waals surface area contributed by atoms with E-state index in [4.69, 9.17) is 9.47 Å². The fraction of sp³-hybridized carbons (Fsp3) is 0.364. The van der Waals surface area contributed by atoms with Crippen LogP contribution >= 0.6 is 0 Å². The summed E-state index contributed by atoms with van der Waals surface area (Å²) in [6.07, 6.45) is -5.50. The van der Waals surface area contributed by atoms with Crippen LogP contribution in [0.2, 0.25) is 0 Å². The molecule has 166 valence electrons. The average Bonchev–Trinajstić information content (AvgIpc) is 3.13. The quantitative estimate of drug-likeness (QED) is 0.484. The van der Waals surface area contributed by atoms with Crippen molar-refractivity contribution in [2.45, 2.75) is 37.1 Å². The Kier molecular flexibility index (Phi) is 5.96. The fourth-order valence-corrected chi connectivity index (χ4v) is 4.00. The van der Waals surface area contributed by atoms with Gasteiger partial charge in [0.2, 0.25) is 0 Å². The largest absolute Gasteiger partial charge is 0.497 e. The maximum absolute atomic E-state index is 14.8. The number of aromatic nitrogens is 1. The molecule has 1 aliphatic heterocycles. The van der Waals surface area contributed by atoms with Crippen LogP contribution in [0.1, 0.15) is 17.4 Å². The second kappa shape index (κ2) is 8.52. The van der Waals surface area contributed by atoms with Crippen molar-refractivity contribution in [3.63, 3.8) is 0 Å². The van der Waals surface area contributed by atoms with E-state index in [1.807, 2.05) is 0 Å². The number of hydrogen-bond donors (Lipinski definition) is 4. The van der Waals surface area contributed by atoms with Crippen LogP contribution in [0.5, 0.6) is 5.75 Å². The third-order valence-corrected chi connectivity index (χ3v) is 5.67. The first-order valence-electron chi connectivity index (χ1n) is 9.76. The van der Waals surface area contributed by atoms with Crippen molar-refractivity contribution in [2.75, 3.05) is 13.7 Å². The van der Waals surface area contributed by atoms with E-state index in [1.165, 1.54) is 36.1 Å². The lowest BCUT2D eigenvalue weighted by Crippen LogP contribution is -2.56. The zero-order valence-corrected chi connectivity index (χ0v) is 16.7. The lowest BCUT2D eigenvalue weighted by molar-refractivity contribution is -0.250. The van der Waals surface area contributed by atoms with Gasteiger partial charge in [0.1, 0.15) is 41.8 Å². The molecule has 4 rings (SSSR count). The van der Waals surface area contributed by atoms with Gasteiger partial charge in [0, 0.05) is 24.1 Å². The molecule has 1 aromatic heterocycles. The van der Waals surface area contributed by atoms with E-state index < -0.39 is 48.9 Å². The Morgan fingerprint density at radius 3 is 2.45 bits per heavy atom. The Balaban J connectivity index is 1.79. The summed E-state index contributed by atoms with van der Waals surface area (Å²) < 4.78 is 41.2. The first kappa shape index (κ1) is 21.7. The van der Waals surface area contributed by atoms with Crippen LogP contribution in [0, 0.1) is 11.6 Å². The predicted octanol–water partition coefficient (Wildman–Crippen LogP) is 1.49. The van der Waals surface area contributed by atoms with Crippen LogP contribution in [-0.2, 0) is 11.2 Å². The molecule has 31 heavy (non-hydrogen) atoms. The van der Waals surface area contributed by atoms with Crippen LogP contribution in [-0.4, -0.2) is 63.1 Å². The Morgan fingerprint density at radius 1 is 1.00 bits per heavy atom. The molecular formula is C22H23F2NO6. The Bertz CT molecular complexity index is 1090. The molecule has 0 bridgehead atoms. The van der Waals surface area contributed by atoms with Gasteiger partial charge in [-0.25, -0.2) is 8.78 Å². The van der Waals surface area contributed by atoms with Crippen molar-refractivity contribution >= 4 is 10.9 Å². The van der Waals surface area contributed by atoms with Crippen LogP contribution in [0.4, 0.5) is 8.78 Å². The van der Waals surface area contributed by atoms with E-state index in [-0.39, 0.29) is 11.9 Å². The van der Waals surface area contributed by atoms with Gasteiger partial charge in [-0.2, -0.15) is 0 Å². The number of nitrogens with zero attached hydrogens (tertiary/aromatic N) is 1. The van der Waals surface area contributed by atoms with E-state index >= 15 is 0 Å². The highest BCUT2D eigenvalue weighted by Crippen LogP contribution is 2.35. The number of benzene rings is 2. The summed E-state index contributed by atoms with van der Waals surface area (Å²) in [6.45, 7) is -0.604. The summed E-state index contributed by atoms with van der Waals surface area (Å²) in [7, 11) is 1.44. The molecule has 0 saturated carbocycles. The van der Waals surface area contributed by atoms with Gasteiger partial charge in [0.25, 0.3) is 0 Å². The minimum Gasteiger partial charge on any atom is -0.497 e. The third kappa shape index (κ3) is 3.79. The molecule has 0 aliphatic carbocycles. The second-order valence-electron chi connectivity index (χ2n) is 7.55. The zero-order chi connectivity index (χ0) is 22.3. The van der Waals surface area contributed by atoms with Crippen molar-refractivity contribution in [3.8, 4) is 5.75 Å². The molecule has 2 heterocycles. The predicted molar refractivity (Wildman–Crippen MR) is 107 cm³/mol. The minimum atomic E-state index is -1.61. The molecule has 0 unspecified atom stereocenters. The molecule has 5 atom stereocenters. The molecule has 1 saturated heterocycles. The number of methoxy groups -OCH3 is 1. The third-order valence-electron chi connectivity index (χ3n) is 5.67. The van der Waals surface area contributed by atoms with Gasteiger partial charge in [-0.15, -0.1) is 0 Å². The number of para-hydroxylation sites is 1. The number of halogens is 2. The summed E-state index contributed by atoms with van der Waals surface area (Å²) in [5.74, 6) is -0.712. The van der Waals surface area contributed by atoms with Crippen molar-refractivity contribution in [3.05, 3.63) is 65.4 Å². The van der Waals surface area contributed by atoms with Crippen molar-refractivity contribution in [1.82, 2.24) is 4.57 Å². The summed E-state index contributed by atoms with van der Waals surface area (Å²) in [6, 6.07) is 8.87. The van der Waals surface area contributed by atoms with Gasteiger partial charge in [0.15, 0.2) is 6.23 Å². The van der Waals surface area contributed by atoms with Crippen LogP contribution < -0.4 is 4.74 Å². The average molecular weight is 435 g/mol. The van der Waals surface area contributed by atoms with Gasteiger partial charge in [-0.05, 0) is 23.3 Å². The van der Waals surface area contributed by atoms with Gasteiger partial charge >= 0.3 is 0 Å². The SMILES string of the molecule is COc1ccc(Cc2cn([C@@H]3O[C@H](CO)[C@@H](O)[C@H](O)[C@H]3O)c3c(F)cccc23)c(F)c1. The van der Waals surface area contributed by atoms with E-state index in [0.29, 0.717) is 22.3 Å². The van der Waals surface area contributed by atoms with E-state index in [9.17, 15) is 29.2 Å². The summed E-state index contributed by atoms with van der Waals surface area (Å²) in [4.78, 5) is 0. The second-order valence-corrected chi connectivity index (χ2v) is 7.55. The number of ether oxygens (including phenoxy) is 2. The van der Waals surface area contributed by atoms with Gasteiger partial charge in [0.05, 0.1) is 19.2 Å². The first-order chi connectivity index (χ1) is 14.8. The molecule has 1 fully saturated rings. The minimum absolute atomic E-state index is 0.0933. The number of fused-ring (bicyclic) bond motifs is 1. The Labute approximate surface area is 176 Å². The standard InChI is InChI=1S/C22H23F2NO6/c1-30-13-6-5-11(16(24)8-13)7-12-9-25(18-14(12)3-2-4-15(18)23)22-21(29)20(28)19(27)17(10-26)31-22/h2-6,8-9,17,19-22,26-29H,7,10H2,1H3/t17-,19-,20+,21-,22-/m1/s1. The Hall–Kier alpha value is -2.56. The lowest BCUT2D eigenvalue weighted by atomic mass is 9.98. The number of rotatable bonds is 5. The molecule has 0 amide bonds. The van der Waals surface area contributed by atoms with E-state index in [0.717, 1.165) is 0 Å². The van der Waals surface area contributed by atoms with Gasteiger partial charge in [-0.1, -0.05) is 18.2 Å². The van der Waals surface area contributed by atoms with E-state index in [1.54, 1.807) is 18.2 Å². The highest BCUT2D eigenvalue weighted by molar-refractivity contribution is 5.85. The van der Waals surface area contributed by atoms with Crippen LogP contribution in [0.15, 0.2) is 42.6 Å². The normalized spacial score (nSPS) is 26.4. The topological polar surface area (TPSA) is 104 Å². The van der Waals surface area contributed by atoms with Crippen LogP contribution in [0.3, 0.4) is 0 Å². The summed E-state index contributed by atoms with van der Waals surface area (Å²) in [5.41, 5.74) is 1.02. The number of hydrogen-bond acceptors (Lipinski definition) is 6. The molecule has 9 heteroatoms. The number of aliphatic hydroxyl groups is 4. The summed E-state index contributed by atoms with van der Waals surface area (Å²) >= 11 is 0. The van der Waals surface area contributed by atoms with Crippen molar-refractivity contribution < 1.29 is 38.7 Å². The first-order valence-corrected chi connectivity index (χ1v) is 9.76. The van der Waals surface area contributed by atoms with Gasteiger partial charge < -0.3 is 34.5 Å². The van der Waals surface area contributed by atoms with Crippen LogP contribution in [0.25, 0.3) is 10.9 Å². The highest BCUT2D eigenvalue weighted by atomic mass is 19.1. The van der Waals surface area contributed by atoms with Crippen molar-refractivity contribution in [2.24, 2.45) is 0 Å². The monoisotopic (exact) mass is 435 g/mol. The maximum Gasteiger partial charge on any atom is 0.163 e. The highest BCUT2D eigenvalue weighted by Gasteiger charge is 2.44. The molecule has 7 nitrogen and oxygen atoms in total. The number of aliphatic hydroxyl groups excluding tert-OH is 4. The van der Waals surface area contributed by atoms with Crippen molar-refractivity contribution in [1.29, 1.82) is 0 Å². The zero-order valence-electron chi connectivity index (χ0n) is 16.7. The smallest absolute Gasteiger partial charge is 0.163 e. The fourth-order valence-electron chi connectivity index (χ4n) is 4.00. The molecule has 1 aliphatic rings. The van der Waals surface area contributed by atoms with E-state index in [2.05, 4.69) is 0 Å². The molecule has 0 spiro atoms. The molecular weight excluding hydrogens is 412 g/mol. The summed E-state index contributed by atoms with van der Waals surface area (Å²) in [5, 5.41) is 40.6. The molecule has 2 aromatic carbocycles. The molecule has 3 aromatic rings.